The first-order valence-corrected chi connectivity index (χ1v) is 24.1. The molecule has 378 valence electrons. The number of aliphatic hydroxyl groups is 12. The standard InChI is InChI=1S/C48H78O18/c1-22-31(54)38(65-42-39(35(58)33(56)26(19-50)63-42)66-40-36(59)34(57)32(55)25(18-49)62-40)37(60)41(61-22)64-30-11-12-44(4)27(45(30,5)20-51)10-13-46(6)28(44)9-8-23-24-16-43(2,3)14-15-48(24,21-52)29(53)17-47(23,46)7/h8-9,22,25-42,49-60H,10-21H2,1-7H3/t22?,25?,26?,27?,28?,29?,30?,31?,32?,33?,34?,35?,36?,37?,38?,39?,40?,41?,42?,44-,45-,46+,47+,48+/m0/s1. The van der Waals surface area contributed by atoms with Crippen LogP contribution in [-0.2, 0) is 28.4 Å². The summed E-state index contributed by atoms with van der Waals surface area (Å²) in [5.41, 5.74) is 0.0755. The van der Waals surface area contributed by atoms with Gasteiger partial charge in [-0.1, -0.05) is 59.3 Å². The molecule has 3 heterocycles. The van der Waals surface area contributed by atoms with Crippen molar-refractivity contribution in [3.8, 4) is 0 Å². The number of aliphatic hydroxyl groups excluding tert-OH is 12. The zero-order chi connectivity index (χ0) is 48.3. The van der Waals surface area contributed by atoms with Crippen LogP contribution in [0.15, 0.2) is 23.3 Å². The largest absolute Gasteiger partial charge is 0.396 e. The van der Waals surface area contributed by atoms with Crippen LogP contribution in [0.25, 0.3) is 0 Å². The number of allylic oxidation sites excluding steroid dienone is 3. The summed E-state index contributed by atoms with van der Waals surface area (Å²) in [5.74, 6) is 0.0214. The van der Waals surface area contributed by atoms with Crippen LogP contribution in [0.3, 0.4) is 0 Å². The van der Waals surface area contributed by atoms with E-state index in [2.05, 4.69) is 46.8 Å². The van der Waals surface area contributed by atoms with E-state index < -0.39 is 128 Å². The summed E-state index contributed by atoms with van der Waals surface area (Å²) >= 11 is 0. The summed E-state index contributed by atoms with van der Waals surface area (Å²) < 4.78 is 36.1. The lowest BCUT2D eigenvalue weighted by atomic mass is 9.35. The highest BCUT2D eigenvalue weighted by Gasteiger charge is 2.69. The fourth-order valence-corrected chi connectivity index (χ4v) is 14.5. The van der Waals surface area contributed by atoms with Gasteiger partial charge in [0.05, 0.1) is 44.7 Å². The van der Waals surface area contributed by atoms with Gasteiger partial charge in [0, 0.05) is 16.2 Å². The van der Waals surface area contributed by atoms with Gasteiger partial charge in [-0.05, 0) is 91.9 Å². The molecule has 3 saturated carbocycles. The first kappa shape index (κ1) is 51.1. The van der Waals surface area contributed by atoms with E-state index in [-0.39, 0.29) is 46.7 Å². The molecule has 18 nitrogen and oxygen atoms in total. The quantitative estimate of drug-likeness (QED) is 0.123. The lowest BCUT2D eigenvalue weighted by molar-refractivity contribution is -0.391. The summed E-state index contributed by atoms with van der Waals surface area (Å²) in [7, 11) is 0. The second-order valence-electron chi connectivity index (χ2n) is 23.1. The molecule has 0 radical (unpaired) electrons. The van der Waals surface area contributed by atoms with Crippen LogP contribution in [0.1, 0.15) is 99.8 Å². The summed E-state index contributed by atoms with van der Waals surface area (Å²) in [6, 6.07) is 0. The number of hydrogen-bond acceptors (Lipinski definition) is 18. The molecule has 0 aromatic rings. The minimum Gasteiger partial charge on any atom is -0.396 e. The third kappa shape index (κ3) is 7.75. The Morgan fingerprint density at radius 2 is 1.24 bits per heavy atom. The molecular weight excluding hydrogens is 865 g/mol. The number of hydrogen-bond donors (Lipinski definition) is 12. The van der Waals surface area contributed by atoms with Crippen LogP contribution in [0, 0.1) is 44.3 Å². The molecule has 5 aliphatic carbocycles. The van der Waals surface area contributed by atoms with Gasteiger partial charge in [-0.2, -0.15) is 0 Å². The first-order chi connectivity index (χ1) is 30.9. The third-order valence-electron chi connectivity index (χ3n) is 19.0. The van der Waals surface area contributed by atoms with Crippen LogP contribution in [-0.4, -0.2) is 192 Å². The minimum absolute atomic E-state index is 0.0417. The van der Waals surface area contributed by atoms with Crippen LogP contribution < -0.4 is 0 Å². The van der Waals surface area contributed by atoms with Gasteiger partial charge in [0.15, 0.2) is 18.9 Å². The summed E-state index contributed by atoms with van der Waals surface area (Å²) in [4.78, 5) is 0. The van der Waals surface area contributed by atoms with Gasteiger partial charge in [-0.3, -0.25) is 0 Å². The van der Waals surface area contributed by atoms with Crippen molar-refractivity contribution in [2.45, 2.75) is 204 Å². The lowest BCUT2D eigenvalue weighted by Gasteiger charge is -2.70. The SMILES string of the molecule is CC1OC(OC2CC[C@@]3(C)C(CC[C@]4(C)C3C=CC3=C5CC(C)(C)CC[C@]5(CO)C(O)C[C@]34C)[C@]2(C)CO)C(O)C(OC2OC(CO)C(O)C(O)C2OC2OC(CO)C(O)C(O)C2O)C1O. The van der Waals surface area contributed by atoms with Crippen LogP contribution in [0.5, 0.6) is 0 Å². The highest BCUT2D eigenvalue weighted by molar-refractivity contribution is 5.47. The highest BCUT2D eigenvalue weighted by atomic mass is 16.8. The third-order valence-corrected chi connectivity index (χ3v) is 19.0. The number of fused-ring (bicyclic) bond motifs is 6. The molecule has 66 heavy (non-hydrogen) atoms. The van der Waals surface area contributed by atoms with Crippen molar-refractivity contribution < 1.29 is 89.7 Å². The predicted molar refractivity (Wildman–Crippen MR) is 231 cm³/mol. The highest BCUT2D eigenvalue weighted by Crippen LogP contribution is 2.74. The molecule has 18 heteroatoms. The van der Waals surface area contributed by atoms with Crippen molar-refractivity contribution in [3.63, 3.8) is 0 Å². The van der Waals surface area contributed by atoms with E-state index in [0.717, 1.165) is 32.1 Å². The number of ether oxygens (including phenoxy) is 6. The van der Waals surface area contributed by atoms with Crippen molar-refractivity contribution in [3.05, 3.63) is 23.3 Å². The Morgan fingerprint density at radius 1 is 0.621 bits per heavy atom. The van der Waals surface area contributed by atoms with E-state index in [1.807, 2.05) is 6.92 Å². The Labute approximate surface area is 387 Å². The van der Waals surface area contributed by atoms with Crippen molar-refractivity contribution in [2.75, 3.05) is 26.4 Å². The molecule has 6 fully saturated rings. The molecule has 19 unspecified atom stereocenters. The maximum Gasteiger partial charge on any atom is 0.187 e. The average Bonchev–Trinajstić information content (AvgIpc) is 3.27. The van der Waals surface area contributed by atoms with Gasteiger partial charge < -0.3 is 89.7 Å². The second kappa shape index (κ2) is 18.1. The van der Waals surface area contributed by atoms with Crippen LogP contribution in [0.2, 0.25) is 0 Å². The summed E-state index contributed by atoms with van der Waals surface area (Å²) in [6.07, 6.45) is -15.3. The molecule has 0 spiro atoms. The van der Waals surface area contributed by atoms with Gasteiger partial charge in [0.1, 0.15) is 67.1 Å². The lowest BCUT2D eigenvalue weighted by Crippen LogP contribution is -2.67. The monoisotopic (exact) mass is 943 g/mol. The maximum absolute atomic E-state index is 12.1. The molecule has 12 N–H and O–H groups in total. The smallest absolute Gasteiger partial charge is 0.187 e. The van der Waals surface area contributed by atoms with E-state index in [1.54, 1.807) is 6.92 Å². The Morgan fingerprint density at radius 3 is 1.88 bits per heavy atom. The second-order valence-corrected chi connectivity index (χ2v) is 23.1. The minimum atomic E-state index is -1.90. The Hall–Kier alpha value is -1.24. The maximum atomic E-state index is 12.1. The zero-order valence-corrected chi connectivity index (χ0v) is 39.4. The molecule has 24 atom stereocenters. The molecule has 0 aromatic carbocycles. The Balaban J connectivity index is 1.04. The van der Waals surface area contributed by atoms with Crippen molar-refractivity contribution in [2.24, 2.45) is 44.3 Å². The first-order valence-electron chi connectivity index (χ1n) is 24.1. The molecule has 3 saturated heterocycles. The normalized spacial score (nSPS) is 54.8. The summed E-state index contributed by atoms with van der Waals surface area (Å²) in [5, 5.41) is 131. The molecule has 0 amide bonds. The fourth-order valence-electron chi connectivity index (χ4n) is 14.5. The molecule has 3 aliphatic heterocycles. The van der Waals surface area contributed by atoms with Crippen molar-refractivity contribution >= 4 is 0 Å². The Bertz CT molecular complexity index is 1810. The van der Waals surface area contributed by atoms with E-state index in [0.29, 0.717) is 19.3 Å². The van der Waals surface area contributed by atoms with Gasteiger partial charge in [0.25, 0.3) is 0 Å². The number of rotatable bonds is 10. The molecule has 8 aliphatic rings. The van der Waals surface area contributed by atoms with Crippen molar-refractivity contribution in [1.29, 1.82) is 0 Å². The molecule has 8 rings (SSSR count). The zero-order valence-electron chi connectivity index (χ0n) is 39.4. The molecular formula is C48H78O18. The van der Waals surface area contributed by atoms with Crippen LogP contribution >= 0.6 is 0 Å². The molecule has 0 bridgehead atoms. The van der Waals surface area contributed by atoms with Gasteiger partial charge in [0.2, 0.25) is 0 Å². The average molecular weight is 943 g/mol. The van der Waals surface area contributed by atoms with E-state index >= 15 is 0 Å². The van der Waals surface area contributed by atoms with E-state index in [4.69, 9.17) is 28.4 Å². The van der Waals surface area contributed by atoms with Crippen LogP contribution in [0.4, 0.5) is 0 Å². The van der Waals surface area contributed by atoms with Crippen molar-refractivity contribution in [1.82, 2.24) is 0 Å². The fraction of sp³-hybridized carbons (Fsp3) is 0.917. The van der Waals surface area contributed by atoms with Gasteiger partial charge in [-0.25, -0.2) is 0 Å². The van der Waals surface area contributed by atoms with E-state index in [9.17, 15) is 61.3 Å². The predicted octanol–water partition coefficient (Wildman–Crippen LogP) is -0.495. The topological polar surface area (TPSA) is 298 Å². The van der Waals surface area contributed by atoms with E-state index in [1.165, 1.54) is 11.1 Å². The van der Waals surface area contributed by atoms with Gasteiger partial charge >= 0.3 is 0 Å². The summed E-state index contributed by atoms with van der Waals surface area (Å²) in [6.45, 7) is 13.2. The molecule has 0 aromatic heterocycles. The Kier molecular flexibility index (Phi) is 14.0. The van der Waals surface area contributed by atoms with Gasteiger partial charge in [-0.15, -0.1) is 0 Å².